The molecule has 2 aliphatic rings. The number of fused-ring (bicyclic) bond motifs is 1. The van der Waals surface area contributed by atoms with E-state index in [0.29, 0.717) is 32.0 Å². The normalized spacial score (nSPS) is 17.2. The smallest absolute Gasteiger partial charge is 0.271 e. The lowest BCUT2D eigenvalue weighted by molar-refractivity contribution is -0.113. The number of carbonyl (C=O) groups excluding carboxylic acids is 1. The van der Waals surface area contributed by atoms with Gasteiger partial charge in [0.05, 0.1) is 29.0 Å². The van der Waals surface area contributed by atoms with E-state index in [-0.39, 0.29) is 11.5 Å². The topological polar surface area (TPSA) is 75.9 Å². The standard InChI is InChI=1S/C33H32N4O3S/c1-22-29(31(38)35-25-11-5-3-6-12-25)30(24-10-9-13-27(21-24)40-2)37-32(39)28(41-33(37)34-22)20-23-14-16-26(17-15-23)36-18-7-4-8-19-36/h3,5-6,9-17,20-21,30H,4,7-8,18-19H2,1-2H3,(H,35,38)/b28-20+/t30-/m1/s1. The maximum Gasteiger partial charge on any atom is 0.271 e. The number of piperidine rings is 1. The molecule has 7 nitrogen and oxygen atoms in total. The van der Waals surface area contributed by atoms with Gasteiger partial charge in [0.25, 0.3) is 11.5 Å². The number of allylic oxidation sites excluding steroid dienone is 1. The van der Waals surface area contributed by atoms with Crippen molar-refractivity contribution < 1.29 is 9.53 Å². The minimum atomic E-state index is -0.659. The summed E-state index contributed by atoms with van der Waals surface area (Å²) < 4.78 is 7.69. The molecule has 8 heteroatoms. The summed E-state index contributed by atoms with van der Waals surface area (Å²) >= 11 is 1.34. The van der Waals surface area contributed by atoms with E-state index in [2.05, 4.69) is 34.5 Å². The lowest BCUT2D eigenvalue weighted by Gasteiger charge is -2.28. The molecular weight excluding hydrogens is 532 g/mol. The van der Waals surface area contributed by atoms with Crippen molar-refractivity contribution in [3.8, 4) is 5.75 Å². The highest BCUT2D eigenvalue weighted by Gasteiger charge is 2.32. The van der Waals surface area contributed by atoms with Gasteiger partial charge in [0.2, 0.25) is 0 Å². The Hall–Kier alpha value is -4.43. The number of hydrogen-bond acceptors (Lipinski definition) is 6. The molecule has 0 spiro atoms. The van der Waals surface area contributed by atoms with Gasteiger partial charge in [0, 0.05) is 24.5 Å². The zero-order chi connectivity index (χ0) is 28.3. The van der Waals surface area contributed by atoms with Crippen LogP contribution >= 0.6 is 11.3 Å². The molecule has 4 aromatic rings. The maximum atomic E-state index is 14.0. The Morgan fingerprint density at radius 2 is 1.76 bits per heavy atom. The number of thiazole rings is 1. The Balaban J connectivity index is 1.42. The number of ether oxygens (including phenoxy) is 1. The third-order valence-electron chi connectivity index (χ3n) is 7.62. The number of nitrogens with zero attached hydrogens (tertiary/aromatic N) is 3. The van der Waals surface area contributed by atoms with Gasteiger partial charge in [-0.15, -0.1) is 0 Å². The van der Waals surface area contributed by atoms with Crippen molar-refractivity contribution in [1.29, 1.82) is 0 Å². The van der Waals surface area contributed by atoms with Gasteiger partial charge in [0.1, 0.15) is 5.75 Å². The van der Waals surface area contributed by atoms with E-state index in [1.807, 2.05) is 67.6 Å². The van der Waals surface area contributed by atoms with Crippen LogP contribution in [0.25, 0.3) is 6.08 Å². The quantitative estimate of drug-likeness (QED) is 0.363. The zero-order valence-corrected chi connectivity index (χ0v) is 24.0. The molecule has 0 radical (unpaired) electrons. The highest BCUT2D eigenvalue weighted by atomic mass is 32.1. The van der Waals surface area contributed by atoms with E-state index in [4.69, 9.17) is 9.73 Å². The highest BCUT2D eigenvalue weighted by Crippen LogP contribution is 2.32. The number of methoxy groups -OCH3 is 1. The first-order valence-electron chi connectivity index (χ1n) is 13.9. The monoisotopic (exact) mass is 564 g/mol. The van der Waals surface area contributed by atoms with Crippen molar-refractivity contribution in [2.45, 2.75) is 32.2 Å². The number of rotatable bonds is 6. The van der Waals surface area contributed by atoms with Crippen molar-refractivity contribution in [3.63, 3.8) is 0 Å². The summed E-state index contributed by atoms with van der Waals surface area (Å²) in [5.74, 6) is 0.351. The van der Waals surface area contributed by atoms with Crippen LogP contribution in [0.3, 0.4) is 0 Å². The average Bonchev–Trinajstić information content (AvgIpc) is 3.31. The average molecular weight is 565 g/mol. The molecule has 0 saturated carbocycles. The van der Waals surface area contributed by atoms with Crippen LogP contribution in [0.15, 0.2) is 99.9 Å². The molecule has 208 valence electrons. The maximum absolute atomic E-state index is 14.0. The second kappa shape index (κ2) is 11.6. The van der Waals surface area contributed by atoms with Crippen molar-refractivity contribution in [3.05, 3.63) is 121 Å². The molecule has 0 bridgehead atoms. The minimum Gasteiger partial charge on any atom is -0.497 e. The van der Waals surface area contributed by atoms with Crippen LogP contribution < -0.4 is 29.8 Å². The van der Waals surface area contributed by atoms with Crippen LogP contribution in [-0.4, -0.2) is 30.7 Å². The lowest BCUT2D eigenvalue weighted by atomic mass is 9.95. The van der Waals surface area contributed by atoms with Crippen LogP contribution in [0, 0.1) is 0 Å². The van der Waals surface area contributed by atoms with Crippen molar-refractivity contribution >= 4 is 34.7 Å². The van der Waals surface area contributed by atoms with Gasteiger partial charge in [-0.05, 0) is 79.8 Å². The van der Waals surface area contributed by atoms with E-state index in [9.17, 15) is 9.59 Å². The summed E-state index contributed by atoms with van der Waals surface area (Å²) in [6, 6.07) is 24.5. The molecule has 0 unspecified atom stereocenters. The predicted octanol–water partition coefficient (Wildman–Crippen LogP) is 4.87. The van der Waals surface area contributed by atoms with E-state index in [0.717, 1.165) is 24.2 Å². The molecule has 41 heavy (non-hydrogen) atoms. The van der Waals surface area contributed by atoms with Crippen LogP contribution in [0.5, 0.6) is 5.75 Å². The number of anilines is 2. The first-order chi connectivity index (χ1) is 20.0. The highest BCUT2D eigenvalue weighted by molar-refractivity contribution is 7.07. The molecule has 1 saturated heterocycles. The predicted molar refractivity (Wildman–Crippen MR) is 164 cm³/mol. The fourth-order valence-corrected chi connectivity index (χ4v) is 6.59. The van der Waals surface area contributed by atoms with Gasteiger partial charge in [0.15, 0.2) is 4.80 Å². The molecule has 1 aromatic heterocycles. The van der Waals surface area contributed by atoms with Crippen LogP contribution in [0.2, 0.25) is 0 Å². The Morgan fingerprint density at radius 1 is 1.00 bits per heavy atom. The summed E-state index contributed by atoms with van der Waals surface area (Å²) in [4.78, 5) is 35.4. The second-order valence-electron chi connectivity index (χ2n) is 10.3. The largest absolute Gasteiger partial charge is 0.497 e. The fraction of sp³-hybridized carbons (Fsp3) is 0.242. The van der Waals surface area contributed by atoms with Crippen LogP contribution in [0.1, 0.15) is 43.4 Å². The molecule has 1 amide bonds. The van der Waals surface area contributed by atoms with Gasteiger partial charge in [-0.3, -0.25) is 14.2 Å². The number of carbonyl (C=O) groups is 1. The molecule has 1 atom stereocenters. The summed E-state index contributed by atoms with van der Waals surface area (Å²) in [7, 11) is 1.60. The summed E-state index contributed by atoms with van der Waals surface area (Å²) in [5.41, 5.74) is 4.43. The van der Waals surface area contributed by atoms with Gasteiger partial charge in [-0.25, -0.2) is 4.99 Å². The molecule has 1 fully saturated rings. The molecule has 0 aliphatic carbocycles. The third-order valence-corrected chi connectivity index (χ3v) is 8.60. The van der Waals surface area contributed by atoms with Crippen molar-refractivity contribution in [2.24, 2.45) is 4.99 Å². The first-order valence-corrected chi connectivity index (χ1v) is 14.7. The van der Waals surface area contributed by atoms with Crippen LogP contribution in [0.4, 0.5) is 11.4 Å². The van der Waals surface area contributed by atoms with E-state index < -0.39 is 6.04 Å². The Kier molecular flexibility index (Phi) is 7.57. The lowest BCUT2D eigenvalue weighted by Crippen LogP contribution is -2.40. The zero-order valence-electron chi connectivity index (χ0n) is 23.2. The molecule has 1 N–H and O–H groups in total. The minimum absolute atomic E-state index is 0.181. The van der Waals surface area contributed by atoms with Gasteiger partial charge in [-0.2, -0.15) is 0 Å². The molecular formula is C33H32N4O3S. The van der Waals surface area contributed by atoms with E-state index >= 15 is 0 Å². The molecule has 3 aromatic carbocycles. The Labute approximate surface area is 242 Å². The van der Waals surface area contributed by atoms with E-state index in [1.165, 1.54) is 36.3 Å². The molecule has 3 heterocycles. The number of para-hydroxylation sites is 1. The first kappa shape index (κ1) is 26.8. The van der Waals surface area contributed by atoms with Gasteiger partial charge >= 0.3 is 0 Å². The summed E-state index contributed by atoms with van der Waals surface area (Å²) in [6.07, 6.45) is 5.65. The third kappa shape index (κ3) is 5.47. The second-order valence-corrected chi connectivity index (χ2v) is 11.3. The fourth-order valence-electron chi connectivity index (χ4n) is 5.54. The van der Waals surface area contributed by atoms with Crippen LogP contribution in [-0.2, 0) is 4.79 Å². The van der Waals surface area contributed by atoms with Crippen molar-refractivity contribution in [1.82, 2.24) is 4.57 Å². The number of aromatic nitrogens is 1. The number of amides is 1. The SMILES string of the molecule is COc1cccc([C@@H]2C(C(=O)Nc3ccccc3)=C(C)N=c3s/c(=C/c4ccc(N5CCCCC5)cc4)c(=O)n32)c1. The number of benzene rings is 3. The van der Waals surface area contributed by atoms with Crippen molar-refractivity contribution in [2.75, 3.05) is 30.4 Å². The van der Waals surface area contributed by atoms with Gasteiger partial charge < -0.3 is 15.0 Å². The summed E-state index contributed by atoms with van der Waals surface area (Å²) in [6.45, 7) is 3.99. The Bertz CT molecular complexity index is 1780. The van der Waals surface area contributed by atoms with E-state index in [1.54, 1.807) is 11.7 Å². The summed E-state index contributed by atoms with van der Waals surface area (Å²) in [5, 5.41) is 2.99. The van der Waals surface area contributed by atoms with Gasteiger partial charge in [-0.1, -0.05) is 53.8 Å². The number of nitrogens with one attached hydrogen (secondary N) is 1. The Morgan fingerprint density at radius 3 is 2.49 bits per heavy atom. The number of hydrogen-bond donors (Lipinski definition) is 1. The molecule has 6 rings (SSSR count). The molecule has 2 aliphatic heterocycles.